The smallest absolute Gasteiger partial charge is 0.246 e. The molecule has 0 spiro atoms. The van der Waals surface area contributed by atoms with Gasteiger partial charge in [0.1, 0.15) is 4.90 Å². The lowest BCUT2D eigenvalue weighted by Gasteiger charge is -2.31. The van der Waals surface area contributed by atoms with Crippen molar-refractivity contribution in [3.8, 4) is 0 Å². The summed E-state index contributed by atoms with van der Waals surface area (Å²) in [4.78, 5) is 12.1. The first kappa shape index (κ1) is 22.4. The van der Waals surface area contributed by atoms with Crippen molar-refractivity contribution >= 4 is 49.0 Å². The highest BCUT2D eigenvalue weighted by molar-refractivity contribution is 7.91. The number of nitrogens with zero attached hydrogens (tertiary/aromatic N) is 1. The minimum Gasteiger partial charge on any atom is -0.355 e. The van der Waals surface area contributed by atoms with Crippen LogP contribution in [0.1, 0.15) is 19.8 Å². The number of sulfonamides is 1. The quantitative estimate of drug-likeness (QED) is 0.675. The second-order valence-corrected chi connectivity index (χ2v) is 11.4. The third-order valence-corrected chi connectivity index (χ3v) is 9.05. The van der Waals surface area contributed by atoms with Gasteiger partial charge in [-0.15, -0.1) is 0 Å². The van der Waals surface area contributed by atoms with E-state index in [0.717, 1.165) is 0 Å². The minimum atomic E-state index is -3.85. The number of benzene rings is 1. The molecule has 1 saturated heterocycles. The number of piperidine rings is 1. The summed E-state index contributed by atoms with van der Waals surface area (Å²) in [7, 11) is -6.99. The molecule has 1 aliphatic heterocycles. The molecule has 0 aliphatic carbocycles. The zero-order valence-corrected chi connectivity index (χ0v) is 18.0. The minimum absolute atomic E-state index is 0.0315. The number of nitrogens with one attached hydrogen (secondary N) is 1. The third-order valence-electron chi connectivity index (χ3n) is 4.49. The van der Waals surface area contributed by atoms with Crippen LogP contribution < -0.4 is 5.32 Å². The molecule has 0 aromatic heterocycles. The Labute approximate surface area is 170 Å². The molecule has 1 heterocycles. The van der Waals surface area contributed by atoms with Gasteiger partial charge in [0.15, 0.2) is 9.84 Å². The molecule has 11 heteroatoms. The Kier molecular flexibility index (Phi) is 7.54. The van der Waals surface area contributed by atoms with Gasteiger partial charge in [0.25, 0.3) is 0 Å². The number of hydrogen-bond donors (Lipinski definition) is 1. The summed E-state index contributed by atoms with van der Waals surface area (Å²) in [5.74, 6) is -0.686. The van der Waals surface area contributed by atoms with E-state index in [9.17, 15) is 21.6 Å². The zero-order valence-electron chi connectivity index (χ0n) is 14.8. The Morgan fingerprint density at radius 3 is 2.22 bits per heavy atom. The molecule has 1 aromatic rings. The van der Waals surface area contributed by atoms with Gasteiger partial charge in [-0.2, -0.15) is 4.31 Å². The molecule has 1 amide bonds. The van der Waals surface area contributed by atoms with Crippen molar-refractivity contribution in [1.82, 2.24) is 9.62 Å². The molecule has 152 valence electrons. The summed E-state index contributed by atoms with van der Waals surface area (Å²) in [5.41, 5.74) is 0. The van der Waals surface area contributed by atoms with Crippen molar-refractivity contribution < 1.29 is 21.6 Å². The van der Waals surface area contributed by atoms with Gasteiger partial charge in [-0.3, -0.25) is 4.79 Å². The van der Waals surface area contributed by atoms with Gasteiger partial charge in [-0.05, 0) is 25.0 Å². The zero-order chi connectivity index (χ0) is 20.2. The van der Waals surface area contributed by atoms with Crippen LogP contribution in [-0.4, -0.2) is 58.2 Å². The van der Waals surface area contributed by atoms with E-state index in [4.69, 9.17) is 23.2 Å². The van der Waals surface area contributed by atoms with E-state index in [-0.39, 0.29) is 57.9 Å². The Bertz CT molecular complexity index is 875. The number of carbonyl (C=O) groups excluding carboxylic acids is 1. The maximum absolute atomic E-state index is 12.8. The maximum atomic E-state index is 12.8. The number of halogens is 2. The standard InChI is InChI=1S/C16H22Cl2N2O5S2/c1-2-26(22,23)11-8-19-16(21)12-6-9-20(10-7-12)27(24,25)15-13(17)4-3-5-14(15)18/h3-5,12H,2,6-11H2,1H3,(H,19,21). The van der Waals surface area contributed by atoms with Crippen LogP contribution in [0.15, 0.2) is 23.1 Å². The molecule has 1 fully saturated rings. The summed E-state index contributed by atoms with van der Waals surface area (Å²) in [6.45, 7) is 1.94. The third kappa shape index (κ3) is 5.57. The first-order valence-electron chi connectivity index (χ1n) is 8.51. The lowest BCUT2D eigenvalue weighted by molar-refractivity contribution is -0.125. The van der Waals surface area contributed by atoms with Crippen molar-refractivity contribution in [2.75, 3.05) is 31.1 Å². The normalized spacial score (nSPS) is 17.0. The number of rotatable bonds is 7. The van der Waals surface area contributed by atoms with Gasteiger partial charge in [0, 0.05) is 31.3 Å². The fourth-order valence-electron chi connectivity index (χ4n) is 2.83. The largest absolute Gasteiger partial charge is 0.355 e. The topological polar surface area (TPSA) is 101 Å². The monoisotopic (exact) mass is 456 g/mol. The summed E-state index contributed by atoms with van der Waals surface area (Å²) in [5, 5.41) is 2.73. The van der Waals surface area contributed by atoms with E-state index in [1.807, 2.05) is 0 Å². The molecule has 0 unspecified atom stereocenters. The van der Waals surface area contributed by atoms with Crippen molar-refractivity contribution in [1.29, 1.82) is 0 Å². The summed E-state index contributed by atoms with van der Waals surface area (Å²) >= 11 is 12.0. The highest BCUT2D eigenvalue weighted by Gasteiger charge is 2.34. The van der Waals surface area contributed by atoms with Gasteiger partial charge < -0.3 is 5.32 Å². The first-order valence-corrected chi connectivity index (χ1v) is 12.5. The Morgan fingerprint density at radius 2 is 1.70 bits per heavy atom. The van der Waals surface area contributed by atoms with E-state index in [0.29, 0.717) is 12.8 Å². The average molecular weight is 457 g/mol. The molecule has 1 aliphatic rings. The summed E-state index contributed by atoms with van der Waals surface area (Å²) in [6, 6.07) is 4.49. The second-order valence-electron chi connectivity index (χ2n) is 6.26. The first-order chi connectivity index (χ1) is 12.6. The van der Waals surface area contributed by atoms with Gasteiger partial charge in [-0.25, -0.2) is 16.8 Å². The van der Waals surface area contributed by atoms with Crippen LogP contribution >= 0.6 is 23.2 Å². The Balaban J connectivity index is 1.96. The molecular formula is C16H22Cl2N2O5S2. The van der Waals surface area contributed by atoms with Crippen molar-refractivity contribution in [3.05, 3.63) is 28.2 Å². The molecule has 1 aromatic carbocycles. The molecule has 0 radical (unpaired) electrons. The molecule has 27 heavy (non-hydrogen) atoms. The predicted molar refractivity (Wildman–Crippen MR) is 105 cm³/mol. The SMILES string of the molecule is CCS(=O)(=O)CCNC(=O)C1CCN(S(=O)(=O)c2c(Cl)cccc2Cl)CC1. The maximum Gasteiger partial charge on any atom is 0.246 e. The van der Waals surface area contributed by atoms with Gasteiger partial charge in [0.2, 0.25) is 15.9 Å². The van der Waals surface area contributed by atoms with Crippen molar-refractivity contribution in [2.45, 2.75) is 24.7 Å². The van der Waals surface area contributed by atoms with E-state index in [1.54, 1.807) is 13.0 Å². The molecule has 0 atom stereocenters. The fourth-order valence-corrected chi connectivity index (χ4v) is 6.10. The second kappa shape index (κ2) is 9.09. The molecule has 0 bridgehead atoms. The van der Waals surface area contributed by atoms with Crippen LogP contribution in [0.25, 0.3) is 0 Å². The van der Waals surface area contributed by atoms with Gasteiger partial charge in [0.05, 0.1) is 15.8 Å². The van der Waals surface area contributed by atoms with Crippen molar-refractivity contribution in [3.63, 3.8) is 0 Å². The Morgan fingerprint density at radius 1 is 1.15 bits per heavy atom. The highest BCUT2D eigenvalue weighted by Crippen LogP contribution is 2.33. The van der Waals surface area contributed by atoms with Crippen LogP contribution in [0.4, 0.5) is 0 Å². The molecular weight excluding hydrogens is 435 g/mol. The summed E-state index contributed by atoms with van der Waals surface area (Å²) < 4.78 is 49.8. The van der Waals surface area contributed by atoms with Crippen LogP contribution in [0, 0.1) is 5.92 Å². The Hall–Kier alpha value is -0.870. The van der Waals surface area contributed by atoms with Crippen LogP contribution in [0.3, 0.4) is 0 Å². The lowest BCUT2D eigenvalue weighted by atomic mass is 9.97. The molecule has 2 rings (SSSR count). The van der Waals surface area contributed by atoms with E-state index < -0.39 is 19.9 Å². The van der Waals surface area contributed by atoms with Gasteiger partial charge in [-0.1, -0.05) is 36.2 Å². The van der Waals surface area contributed by atoms with Crippen LogP contribution in [-0.2, 0) is 24.7 Å². The molecule has 0 saturated carbocycles. The number of hydrogen-bond acceptors (Lipinski definition) is 5. The van der Waals surface area contributed by atoms with Crippen molar-refractivity contribution in [2.24, 2.45) is 5.92 Å². The summed E-state index contributed by atoms with van der Waals surface area (Å²) in [6.07, 6.45) is 0.682. The van der Waals surface area contributed by atoms with E-state index in [2.05, 4.69) is 5.32 Å². The van der Waals surface area contributed by atoms with E-state index in [1.165, 1.54) is 16.4 Å². The highest BCUT2D eigenvalue weighted by atomic mass is 35.5. The number of amides is 1. The molecule has 7 nitrogen and oxygen atoms in total. The van der Waals surface area contributed by atoms with Crippen LogP contribution in [0.2, 0.25) is 10.0 Å². The molecule has 1 N–H and O–H groups in total. The van der Waals surface area contributed by atoms with E-state index >= 15 is 0 Å². The number of carbonyl (C=O) groups is 1. The van der Waals surface area contributed by atoms with Gasteiger partial charge >= 0.3 is 0 Å². The number of sulfone groups is 1. The van der Waals surface area contributed by atoms with Crippen LogP contribution in [0.5, 0.6) is 0 Å². The lowest BCUT2D eigenvalue weighted by Crippen LogP contribution is -2.43. The fraction of sp³-hybridized carbons (Fsp3) is 0.562. The average Bonchev–Trinajstić information content (AvgIpc) is 2.61. The predicted octanol–water partition coefficient (Wildman–Crippen LogP) is 1.95.